The molecule has 1 aromatic carbocycles. The number of amides is 2. The molecule has 1 aromatic rings. The standard InChI is InChI=1S/C18H28N2O3/c1-12(2)23-11-15-7-4-8-16(13(15)3)20-18(22)19-10-14-6-5-9-17(14)21/h4,7-8,12,14,17,21H,5-6,9-11H2,1-3H3,(H2,19,20,22)/t14-,17-/m1/s1. The Kier molecular flexibility index (Phi) is 6.42. The second-order valence-electron chi connectivity index (χ2n) is 6.54. The lowest BCUT2D eigenvalue weighted by Gasteiger charge is -2.17. The topological polar surface area (TPSA) is 70.6 Å². The van der Waals surface area contributed by atoms with Gasteiger partial charge in [0.25, 0.3) is 0 Å². The highest BCUT2D eigenvalue weighted by molar-refractivity contribution is 5.90. The fourth-order valence-electron chi connectivity index (χ4n) is 2.88. The summed E-state index contributed by atoms with van der Waals surface area (Å²) in [4.78, 5) is 12.1. The van der Waals surface area contributed by atoms with E-state index in [1.54, 1.807) is 0 Å². The van der Waals surface area contributed by atoms with Crippen LogP contribution < -0.4 is 10.6 Å². The molecular formula is C18H28N2O3. The molecule has 1 saturated carbocycles. The lowest BCUT2D eigenvalue weighted by Crippen LogP contribution is -2.35. The number of rotatable bonds is 6. The zero-order valence-electron chi connectivity index (χ0n) is 14.3. The van der Waals surface area contributed by atoms with Crippen molar-refractivity contribution in [2.75, 3.05) is 11.9 Å². The highest BCUT2D eigenvalue weighted by atomic mass is 16.5. The van der Waals surface area contributed by atoms with E-state index in [1.807, 2.05) is 39.0 Å². The Bertz CT molecular complexity index is 531. The van der Waals surface area contributed by atoms with Gasteiger partial charge in [-0.25, -0.2) is 4.79 Å². The summed E-state index contributed by atoms with van der Waals surface area (Å²) in [5.41, 5.74) is 2.88. The molecule has 0 unspecified atom stereocenters. The van der Waals surface area contributed by atoms with E-state index >= 15 is 0 Å². The molecule has 128 valence electrons. The second-order valence-corrected chi connectivity index (χ2v) is 6.54. The van der Waals surface area contributed by atoms with E-state index in [4.69, 9.17) is 4.74 Å². The van der Waals surface area contributed by atoms with Gasteiger partial charge < -0.3 is 20.5 Å². The highest BCUT2D eigenvalue weighted by Gasteiger charge is 2.25. The van der Waals surface area contributed by atoms with E-state index in [0.717, 1.165) is 36.1 Å². The SMILES string of the molecule is Cc1c(COC(C)C)cccc1NC(=O)NC[C@H]1CCC[C@H]1O. The Labute approximate surface area is 138 Å². The molecule has 0 aliphatic heterocycles. The molecule has 0 bridgehead atoms. The maximum Gasteiger partial charge on any atom is 0.319 e. The normalized spacial score (nSPS) is 20.7. The number of hydrogen-bond acceptors (Lipinski definition) is 3. The van der Waals surface area contributed by atoms with E-state index in [0.29, 0.717) is 13.2 Å². The van der Waals surface area contributed by atoms with Crippen molar-refractivity contribution >= 4 is 11.7 Å². The molecule has 0 aromatic heterocycles. The molecule has 5 heteroatoms. The molecule has 0 radical (unpaired) electrons. The van der Waals surface area contributed by atoms with Gasteiger partial charge >= 0.3 is 6.03 Å². The van der Waals surface area contributed by atoms with Crippen LogP contribution in [0.2, 0.25) is 0 Å². The van der Waals surface area contributed by atoms with E-state index in [2.05, 4.69) is 10.6 Å². The predicted octanol–water partition coefficient (Wildman–Crippen LogP) is 3.20. The van der Waals surface area contributed by atoms with Crippen LogP contribution in [-0.4, -0.2) is 29.9 Å². The van der Waals surface area contributed by atoms with Crippen molar-refractivity contribution in [2.45, 2.75) is 58.8 Å². The average molecular weight is 320 g/mol. The number of ether oxygens (including phenoxy) is 1. The smallest absolute Gasteiger partial charge is 0.319 e. The Morgan fingerprint density at radius 1 is 1.39 bits per heavy atom. The molecule has 2 amide bonds. The first-order valence-corrected chi connectivity index (χ1v) is 8.40. The molecule has 2 rings (SSSR count). The van der Waals surface area contributed by atoms with Gasteiger partial charge in [0.05, 0.1) is 18.8 Å². The number of hydrogen-bond donors (Lipinski definition) is 3. The van der Waals surface area contributed by atoms with E-state index < -0.39 is 0 Å². The maximum atomic E-state index is 12.1. The second kappa shape index (κ2) is 8.31. The zero-order chi connectivity index (χ0) is 16.8. The molecule has 23 heavy (non-hydrogen) atoms. The monoisotopic (exact) mass is 320 g/mol. The molecule has 1 aliphatic carbocycles. The summed E-state index contributed by atoms with van der Waals surface area (Å²) in [5, 5.41) is 15.5. The van der Waals surface area contributed by atoms with Gasteiger partial charge in [0.2, 0.25) is 0 Å². The molecule has 0 saturated heterocycles. The fraction of sp³-hybridized carbons (Fsp3) is 0.611. The number of aliphatic hydroxyl groups is 1. The summed E-state index contributed by atoms with van der Waals surface area (Å²) in [6.07, 6.45) is 2.74. The van der Waals surface area contributed by atoms with Crippen LogP contribution in [0.4, 0.5) is 10.5 Å². The number of nitrogens with one attached hydrogen (secondary N) is 2. The van der Waals surface area contributed by atoms with E-state index in [9.17, 15) is 9.90 Å². The van der Waals surface area contributed by atoms with Crippen molar-refractivity contribution in [2.24, 2.45) is 5.92 Å². The van der Waals surface area contributed by atoms with Crippen LogP contribution in [-0.2, 0) is 11.3 Å². The van der Waals surface area contributed by atoms with Gasteiger partial charge in [-0.3, -0.25) is 0 Å². The molecule has 3 N–H and O–H groups in total. The van der Waals surface area contributed by atoms with E-state index in [1.165, 1.54) is 0 Å². The minimum atomic E-state index is -0.284. The van der Waals surface area contributed by atoms with Crippen LogP contribution >= 0.6 is 0 Å². The number of aliphatic hydroxyl groups excluding tert-OH is 1. The number of carbonyl (C=O) groups is 1. The van der Waals surface area contributed by atoms with Gasteiger partial charge in [-0.05, 0) is 50.8 Å². The van der Waals surface area contributed by atoms with Gasteiger partial charge in [-0.1, -0.05) is 18.6 Å². The van der Waals surface area contributed by atoms with Crippen LogP contribution in [0, 0.1) is 12.8 Å². The Balaban J connectivity index is 1.88. The zero-order valence-corrected chi connectivity index (χ0v) is 14.3. The van der Waals surface area contributed by atoms with Gasteiger partial charge in [-0.2, -0.15) is 0 Å². The summed E-state index contributed by atoms with van der Waals surface area (Å²) in [6.45, 7) is 7.04. The molecule has 5 nitrogen and oxygen atoms in total. The Hall–Kier alpha value is -1.59. The van der Waals surface area contributed by atoms with Crippen molar-refractivity contribution in [1.29, 1.82) is 0 Å². The summed E-state index contributed by atoms with van der Waals surface area (Å²) in [5.74, 6) is 0.174. The van der Waals surface area contributed by atoms with Crippen molar-refractivity contribution in [3.05, 3.63) is 29.3 Å². The first-order valence-electron chi connectivity index (χ1n) is 8.40. The molecule has 2 atom stereocenters. The Morgan fingerprint density at radius 3 is 2.83 bits per heavy atom. The van der Waals surface area contributed by atoms with Crippen LogP contribution in [0.1, 0.15) is 44.2 Å². The lowest BCUT2D eigenvalue weighted by molar-refractivity contribution is 0.0654. The van der Waals surface area contributed by atoms with Crippen molar-refractivity contribution in [3.63, 3.8) is 0 Å². The quantitative estimate of drug-likeness (QED) is 0.754. The van der Waals surface area contributed by atoms with Crippen LogP contribution in [0.3, 0.4) is 0 Å². The van der Waals surface area contributed by atoms with Crippen molar-refractivity contribution < 1.29 is 14.6 Å². The molecule has 1 aliphatic rings. The summed E-state index contributed by atoms with van der Waals surface area (Å²) in [7, 11) is 0. The van der Waals surface area contributed by atoms with Crippen LogP contribution in [0.5, 0.6) is 0 Å². The predicted molar refractivity (Wildman–Crippen MR) is 91.5 cm³/mol. The van der Waals surface area contributed by atoms with Gasteiger partial charge in [0.15, 0.2) is 0 Å². The first kappa shape index (κ1) is 17.8. The third kappa shape index (κ3) is 5.22. The molecule has 0 heterocycles. The van der Waals surface area contributed by atoms with Crippen LogP contribution in [0.15, 0.2) is 18.2 Å². The molecular weight excluding hydrogens is 292 g/mol. The van der Waals surface area contributed by atoms with Crippen molar-refractivity contribution in [1.82, 2.24) is 5.32 Å². The van der Waals surface area contributed by atoms with Crippen molar-refractivity contribution in [3.8, 4) is 0 Å². The van der Waals surface area contributed by atoms with Gasteiger partial charge in [0, 0.05) is 18.2 Å². The summed E-state index contributed by atoms with van der Waals surface area (Å²) in [6, 6.07) is 5.59. The fourth-order valence-corrected chi connectivity index (χ4v) is 2.88. The average Bonchev–Trinajstić information content (AvgIpc) is 2.91. The minimum Gasteiger partial charge on any atom is -0.393 e. The largest absolute Gasteiger partial charge is 0.393 e. The molecule has 1 fully saturated rings. The lowest BCUT2D eigenvalue weighted by atomic mass is 10.1. The number of urea groups is 1. The third-order valence-corrected chi connectivity index (χ3v) is 4.41. The summed E-state index contributed by atoms with van der Waals surface area (Å²) < 4.78 is 5.64. The molecule has 0 spiro atoms. The number of benzene rings is 1. The maximum absolute atomic E-state index is 12.1. The Morgan fingerprint density at radius 2 is 2.17 bits per heavy atom. The number of carbonyl (C=O) groups excluding carboxylic acids is 1. The third-order valence-electron chi connectivity index (χ3n) is 4.41. The summed E-state index contributed by atoms with van der Waals surface area (Å²) >= 11 is 0. The highest BCUT2D eigenvalue weighted by Crippen LogP contribution is 2.25. The minimum absolute atomic E-state index is 0.173. The van der Waals surface area contributed by atoms with Crippen LogP contribution in [0.25, 0.3) is 0 Å². The first-order chi connectivity index (χ1) is 11.0. The van der Waals surface area contributed by atoms with E-state index in [-0.39, 0.29) is 24.2 Å². The van der Waals surface area contributed by atoms with Gasteiger partial charge in [-0.15, -0.1) is 0 Å². The number of anilines is 1. The van der Waals surface area contributed by atoms with Gasteiger partial charge in [0.1, 0.15) is 0 Å².